The highest BCUT2D eigenvalue weighted by molar-refractivity contribution is 5.72. The van der Waals surface area contributed by atoms with E-state index in [1.165, 1.54) is 20.8 Å². The number of hydrogen-bond donors (Lipinski definition) is 1. The van der Waals surface area contributed by atoms with E-state index in [-0.39, 0.29) is 18.9 Å². The third-order valence-corrected chi connectivity index (χ3v) is 5.34. The van der Waals surface area contributed by atoms with E-state index in [0.717, 1.165) is 0 Å². The van der Waals surface area contributed by atoms with Crippen molar-refractivity contribution < 1.29 is 43.2 Å². The van der Waals surface area contributed by atoms with Gasteiger partial charge in [-0.3, -0.25) is 19.2 Å². The Hall–Kier alpha value is -2.16. The Morgan fingerprint density at radius 3 is 1.90 bits per heavy atom. The van der Waals surface area contributed by atoms with Gasteiger partial charge in [0, 0.05) is 20.8 Å². The van der Waals surface area contributed by atoms with Crippen molar-refractivity contribution in [2.75, 3.05) is 6.61 Å². The molecule has 29 heavy (non-hydrogen) atoms. The van der Waals surface area contributed by atoms with Gasteiger partial charge in [0.05, 0.1) is 18.6 Å². The molecule has 2 rings (SSSR count). The van der Waals surface area contributed by atoms with Gasteiger partial charge in [0.1, 0.15) is 18.3 Å². The molecular formula is C20H30O9. The van der Waals surface area contributed by atoms with Crippen molar-refractivity contribution in [2.24, 2.45) is 11.8 Å². The van der Waals surface area contributed by atoms with Crippen LogP contribution in [0.25, 0.3) is 0 Å². The van der Waals surface area contributed by atoms with Crippen LogP contribution < -0.4 is 0 Å². The van der Waals surface area contributed by atoms with Crippen LogP contribution in [0.5, 0.6) is 0 Å². The zero-order chi connectivity index (χ0) is 21.6. The van der Waals surface area contributed by atoms with Gasteiger partial charge < -0.3 is 24.1 Å². The van der Waals surface area contributed by atoms with E-state index in [0.29, 0.717) is 32.1 Å². The average Bonchev–Trinajstić information content (AvgIpc) is 2.62. The number of aliphatic hydroxyl groups excluding tert-OH is 1. The fourth-order valence-corrected chi connectivity index (χ4v) is 4.02. The molecule has 0 spiro atoms. The van der Waals surface area contributed by atoms with Crippen molar-refractivity contribution in [1.82, 2.24) is 0 Å². The van der Waals surface area contributed by atoms with E-state index in [1.807, 2.05) is 0 Å². The van der Waals surface area contributed by atoms with Crippen molar-refractivity contribution in [3.63, 3.8) is 0 Å². The molecule has 2 saturated carbocycles. The van der Waals surface area contributed by atoms with Gasteiger partial charge >= 0.3 is 23.9 Å². The molecule has 2 aliphatic rings. The van der Waals surface area contributed by atoms with Crippen LogP contribution in [-0.2, 0) is 38.1 Å². The molecule has 2 fully saturated rings. The van der Waals surface area contributed by atoms with E-state index in [2.05, 4.69) is 0 Å². The second-order valence-corrected chi connectivity index (χ2v) is 7.83. The summed E-state index contributed by atoms with van der Waals surface area (Å²) in [6, 6.07) is 0. The van der Waals surface area contributed by atoms with Crippen molar-refractivity contribution in [3.8, 4) is 0 Å². The second kappa shape index (κ2) is 10.6. The predicted octanol–water partition coefficient (Wildman–Crippen LogP) is 1.29. The number of esters is 4. The molecule has 0 aromatic carbocycles. The summed E-state index contributed by atoms with van der Waals surface area (Å²) in [4.78, 5) is 46.0. The zero-order valence-corrected chi connectivity index (χ0v) is 17.1. The smallest absolute Gasteiger partial charge is 0.309 e. The number of ether oxygens (including phenoxy) is 4. The van der Waals surface area contributed by atoms with Gasteiger partial charge in [0.2, 0.25) is 0 Å². The third-order valence-electron chi connectivity index (χ3n) is 5.34. The summed E-state index contributed by atoms with van der Waals surface area (Å²) in [7, 11) is 0. The molecule has 6 atom stereocenters. The molecule has 0 aliphatic heterocycles. The SMILES string of the molecule is CC(=O)OC1CCC(C(=O)OCC2CCC(OC(C)=O)C(OC(C)=O)C2)CC1O. The van der Waals surface area contributed by atoms with Crippen LogP contribution in [0.15, 0.2) is 0 Å². The first-order valence-electron chi connectivity index (χ1n) is 10.0. The molecule has 0 aromatic heterocycles. The summed E-state index contributed by atoms with van der Waals surface area (Å²) in [6.45, 7) is 4.06. The molecule has 0 aromatic rings. The Labute approximate surface area is 170 Å². The minimum Gasteiger partial charge on any atom is -0.465 e. The van der Waals surface area contributed by atoms with Gasteiger partial charge in [-0.05, 0) is 44.4 Å². The van der Waals surface area contributed by atoms with Crippen molar-refractivity contribution in [2.45, 2.75) is 83.7 Å². The van der Waals surface area contributed by atoms with Gasteiger partial charge in [0.15, 0.2) is 0 Å². The standard InChI is InChI=1S/C20H30O9/c1-11(21)27-17-7-5-15(9-16(17)24)20(25)26-10-14-4-6-18(28-12(2)22)19(8-14)29-13(3)23/h14-19,24H,4-10H2,1-3H3. The maximum Gasteiger partial charge on any atom is 0.309 e. The summed E-state index contributed by atoms with van der Waals surface area (Å²) in [5.41, 5.74) is 0. The molecule has 0 radical (unpaired) electrons. The van der Waals surface area contributed by atoms with E-state index in [9.17, 15) is 24.3 Å². The number of rotatable bonds is 6. The lowest BCUT2D eigenvalue weighted by Gasteiger charge is -2.35. The van der Waals surface area contributed by atoms with Crippen LogP contribution in [0.4, 0.5) is 0 Å². The van der Waals surface area contributed by atoms with Gasteiger partial charge in [-0.1, -0.05) is 0 Å². The first-order valence-corrected chi connectivity index (χ1v) is 10.0. The van der Waals surface area contributed by atoms with Gasteiger partial charge in [0.25, 0.3) is 0 Å². The number of aliphatic hydroxyl groups is 1. The van der Waals surface area contributed by atoms with E-state index >= 15 is 0 Å². The number of hydrogen-bond acceptors (Lipinski definition) is 9. The summed E-state index contributed by atoms with van der Waals surface area (Å²) in [5, 5.41) is 10.1. The average molecular weight is 414 g/mol. The Balaban J connectivity index is 1.81. The number of carbonyl (C=O) groups is 4. The zero-order valence-electron chi connectivity index (χ0n) is 17.1. The van der Waals surface area contributed by atoms with Crippen molar-refractivity contribution in [3.05, 3.63) is 0 Å². The highest BCUT2D eigenvalue weighted by atomic mass is 16.6. The van der Waals surface area contributed by atoms with E-state index in [1.54, 1.807) is 0 Å². The largest absolute Gasteiger partial charge is 0.465 e. The Morgan fingerprint density at radius 1 is 0.759 bits per heavy atom. The topological polar surface area (TPSA) is 125 Å². The van der Waals surface area contributed by atoms with Crippen LogP contribution in [-0.4, -0.2) is 60.0 Å². The molecule has 0 bridgehead atoms. The van der Waals surface area contributed by atoms with Gasteiger partial charge in [-0.2, -0.15) is 0 Å². The Morgan fingerprint density at radius 2 is 1.31 bits per heavy atom. The minimum atomic E-state index is -0.891. The molecule has 6 unspecified atom stereocenters. The van der Waals surface area contributed by atoms with Crippen LogP contribution in [0.1, 0.15) is 59.3 Å². The lowest BCUT2D eigenvalue weighted by Crippen LogP contribution is -2.42. The Kier molecular flexibility index (Phi) is 8.43. The van der Waals surface area contributed by atoms with Crippen LogP contribution in [0.3, 0.4) is 0 Å². The first-order chi connectivity index (χ1) is 13.7. The fraction of sp³-hybridized carbons (Fsp3) is 0.800. The molecular weight excluding hydrogens is 384 g/mol. The summed E-state index contributed by atoms with van der Waals surface area (Å²) >= 11 is 0. The van der Waals surface area contributed by atoms with Crippen LogP contribution in [0.2, 0.25) is 0 Å². The molecule has 0 heterocycles. The van der Waals surface area contributed by atoms with Gasteiger partial charge in [-0.25, -0.2) is 0 Å². The minimum absolute atomic E-state index is 0.0163. The molecule has 0 amide bonds. The monoisotopic (exact) mass is 414 g/mol. The lowest BCUT2D eigenvalue weighted by molar-refractivity contribution is -0.173. The van der Waals surface area contributed by atoms with Gasteiger partial charge in [-0.15, -0.1) is 0 Å². The summed E-state index contributed by atoms with van der Waals surface area (Å²) in [6.07, 6.45) is 0.168. The van der Waals surface area contributed by atoms with Crippen molar-refractivity contribution >= 4 is 23.9 Å². The molecule has 1 N–H and O–H groups in total. The Bertz CT molecular complexity index is 617. The second-order valence-electron chi connectivity index (χ2n) is 7.83. The predicted molar refractivity (Wildman–Crippen MR) is 98.3 cm³/mol. The van der Waals surface area contributed by atoms with Crippen LogP contribution >= 0.6 is 0 Å². The lowest BCUT2D eigenvalue weighted by atomic mass is 9.84. The van der Waals surface area contributed by atoms with Crippen molar-refractivity contribution in [1.29, 1.82) is 0 Å². The summed E-state index contributed by atoms with van der Waals surface area (Å²) in [5.74, 6) is -2.20. The van der Waals surface area contributed by atoms with Crippen LogP contribution in [0, 0.1) is 11.8 Å². The fourth-order valence-electron chi connectivity index (χ4n) is 4.02. The molecule has 0 saturated heterocycles. The molecule has 9 heteroatoms. The maximum absolute atomic E-state index is 12.4. The number of carbonyl (C=O) groups excluding carboxylic acids is 4. The third kappa shape index (κ3) is 7.30. The van der Waals surface area contributed by atoms with E-state index in [4.69, 9.17) is 18.9 Å². The maximum atomic E-state index is 12.4. The first kappa shape index (κ1) is 23.1. The highest BCUT2D eigenvalue weighted by Crippen LogP contribution is 2.31. The summed E-state index contributed by atoms with van der Waals surface area (Å²) < 4.78 is 21.0. The quantitative estimate of drug-likeness (QED) is 0.505. The van der Waals surface area contributed by atoms with E-state index < -0.39 is 54.2 Å². The molecule has 164 valence electrons. The normalized spacial score (nSPS) is 32.0. The molecule has 2 aliphatic carbocycles. The highest BCUT2D eigenvalue weighted by Gasteiger charge is 2.38. The molecule has 9 nitrogen and oxygen atoms in total.